The van der Waals surface area contributed by atoms with Gasteiger partial charge >= 0.3 is 0 Å². The van der Waals surface area contributed by atoms with Crippen LogP contribution in [-0.2, 0) is 0 Å². The van der Waals surface area contributed by atoms with Crippen molar-refractivity contribution < 1.29 is 0 Å². The van der Waals surface area contributed by atoms with Crippen molar-refractivity contribution in [2.75, 3.05) is 0 Å². The number of rotatable bonds is 0. The van der Waals surface area contributed by atoms with Crippen LogP contribution >= 0.6 is 0 Å². The van der Waals surface area contributed by atoms with E-state index in [0.717, 1.165) is 47.3 Å². The van der Waals surface area contributed by atoms with Gasteiger partial charge in [0.2, 0.25) is 0 Å². The SMILES string of the molecule is CC1CC(C)C2CCC3C(C)CC(C)C4CCC1C2(C)C43C. The van der Waals surface area contributed by atoms with Crippen LogP contribution in [0, 0.1) is 58.2 Å². The molecule has 22 heavy (non-hydrogen) atoms. The normalized spacial score (nSPS) is 64.1. The lowest BCUT2D eigenvalue weighted by atomic mass is 9.31. The van der Waals surface area contributed by atoms with Crippen molar-refractivity contribution in [2.24, 2.45) is 58.2 Å². The van der Waals surface area contributed by atoms with Gasteiger partial charge in [0.15, 0.2) is 0 Å². The number of hydrogen-bond donors (Lipinski definition) is 0. The maximum Gasteiger partial charge on any atom is -0.0205 e. The molecule has 126 valence electrons. The van der Waals surface area contributed by atoms with E-state index in [1.807, 2.05) is 0 Å². The first-order valence-electron chi connectivity index (χ1n) is 10.3. The highest BCUT2D eigenvalue weighted by Gasteiger charge is 2.69. The molecule has 4 aliphatic carbocycles. The Morgan fingerprint density at radius 1 is 0.500 bits per heavy atom. The van der Waals surface area contributed by atoms with Crippen molar-refractivity contribution in [3.8, 4) is 0 Å². The van der Waals surface area contributed by atoms with Crippen molar-refractivity contribution >= 4 is 0 Å². The standard InChI is InChI=1S/C22H38/c1-13-11-14(2)18-9-10-20-16(4)12-15(3)19-8-7-17(13)21(18,5)22(19,20)6/h13-20H,7-12H2,1-6H3. The van der Waals surface area contributed by atoms with E-state index in [-0.39, 0.29) is 0 Å². The largest absolute Gasteiger partial charge is 0.0622 e. The summed E-state index contributed by atoms with van der Waals surface area (Å²) in [5.74, 6) is 7.87. The minimum Gasteiger partial charge on any atom is -0.0622 e. The molecule has 0 bridgehead atoms. The molecule has 0 nitrogen and oxygen atoms in total. The van der Waals surface area contributed by atoms with Crippen LogP contribution in [0.2, 0.25) is 0 Å². The van der Waals surface area contributed by atoms with Gasteiger partial charge in [0.05, 0.1) is 0 Å². The Balaban J connectivity index is 1.87. The van der Waals surface area contributed by atoms with E-state index in [9.17, 15) is 0 Å². The fourth-order valence-corrected chi connectivity index (χ4v) is 9.40. The zero-order valence-electron chi connectivity index (χ0n) is 15.9. The Labute approximate surface area is 138 Å². The van der Waals surface area contributed by atoms with Gasteiger partial charge in [-0.3, -0.25) is 0 Å². The van der Waals surface area contributed by atoms with Crippen LogP contribution in [0.3, 0.4) is 0 Å². The first kappa shape index (κ1) is 15.5. The molecule has 8 unspecified atom stereocenters. The highest BCUT2D eigenvalue weighted by molar-refractivity contribution is 5.17. The fourth-order valence-electron chi connectivity index (χ4n) is 9.40. The Morgan fingerprint density at radius 3 is 0.955 bits per heavy atom. The monoisotopic (exact) mass is 302 g/mol. The molecule has 0 aromatic carbocycles. The van der Waals surface area contributed by atoms with Gasteiger partial charge in [0, 0.05) is 0 Å². The minimum atomic E-state index is 0.624. The summed E-state index contributed by atoms with van der Waals surface area (Å²) in [6.07, 6.45) is 9.14. The van der Waals surface area contributed by atoms with E-state index in [4.69, 9.17) is 0 Å². The summed E-state index contributed by atoms with van der Waals surface area (Å²) in [7, 11) is 0. The molecular weight excluding hydrogens is 264 g/mol. The third-order valence-corrected chi connectivity index (χ3v) is 10.1. The molecule has 4 aliphatic rings. The zero-order valence-corrected chi connectivity index (χ0v) is 15.9. The van der Waals surface area contributed by atoms with Crippen LogP contribution in [0.15, 0.2) is 0 Å². The smallest absolute Gasteiger partial charge is 0.0205 e. The lowest BCUT2D eigenvalue weighted by Crippen LogP contribution is -2.68. The van der Waals surface area contributed by atoms with E-state index >= 15 is 0 Å². The highest BCUT2D eigenvalue weighted by atomic mass is 14.7. The molecule has 8 atom stereocenters. The van der Waals surface area contributed by atoms with E-state index < -0.39 is 0 Å². The summed E-state index contributed by atoms with van der Waals surface area (Å²) in [5, 5.41) is 0. The van der Waals surface area contributed by atoms with Crippen molar-refractivity contribution in [2.45, 2.75) is 80.1 Å². The van der Waals surface area contributed by atoms with Crippen molar-refractivity contribution in [1.29, 1.82) is 0 Å². The van der Waals surface area contributed by atoms with Crippen LogP contribution in [-0.4, -0.2) is 0 Å². The molecule has 0 heteroatoms. The molecule has 0 radical (unpaired) electrons. The van der Waals surface area contributed by atoms with Crippen molar-refractivity contribution in [1.82, 2.24) is 0 Å². The topological polar surface area (TPSA) is 0 Å². The van der Waals surface area contributed by atoms with E-state index in [1.54, 1.807) is 0 Å². The summed E-state index contributed by atoms with van der Waals surface area (Å²) in [5.41, 5.74) is 1.25. The van der Waals surface area contributed by atoms with Crippen LogP contribution in [0.1, 0.15) is 80.1 Å². The molecule has 0 amide bonds. The minimum absolute atomic E-state index is 0.624. The van der Waals surface area contributed by atoms with Crippen LogP contribution < -0.4 is 0 Å². The third kappa shape index (κ3) is 1.61. The average Bonchev–Trinajstić information content (AvgIpc) is 2.42. The van der Waals surface area contributed by atoms with E-state index in [2.05, 4.69) is 41.5 Å². The van der Waals surface area contributed by atoms with Gasteiger partial charge < -0.3 is 0 Å². The summed E-state index contributed by atoms with van der Waals surface area (Å²) in [4.78, 5) is 0. The van der Waals surface area contributed by atoms with Crippen molar-refractivity contribution in [3.63, 3.8) is 0 Å². The van der Waals surface area contributed by atoms with Gasteiger partial charge in [0.25, 0.3) is 0 Å². The van der Waals surface area contributed by atoms with Crippen LogP contribution in [0.4, 0.5) is 0 Å². The van der Waals surface area contributed by atoms with Gasteiger partial charge in [-0.1, -0.05) is 41.5 Å². The molecule has 0 N–H and O–H groups in total. The Morgan fingerprint density at radius 2 is 0.727 bits per heavy atom. The summed E-state index contributed by atoms with van der Waals surface area (Å²) < 4.78 is 0. The lowest BCUT2D eigenvalue weighted by molar-refractivity contribution is -0.258. The zero-order chi connectivity index (χ0) is 15.9. The summed E-state index contributed by atoms with van der Waals surface area (Å²) >= 11 is 0. The predicted octanol–water partition coefficient (Wildman–Crippen LogP) is 6.40. The van der Waals surface area contributed by atoms with E-state index in [0.29, 0.717) is 10.8 Å². The molecule has 4 saturated carbocycles. The summed E-state index contributed by atoms with van der Waals surface area (Å²) in [6.45, 7) is 15.9. The predicted molar refractivity (Wildman–Crippen MR) is 94.5 cm³/mol. The van der Waals surface area contributed by atoms with Crippen molar-refractivity contribution in [3.05, 3.63) is 0 Å². The second kappa shape index (κ2) is 4.76. The van der Waals surface area contributed by atoms with Gasteiger partial charge in [-0.05, 0) is 96.7 Å². The molecular formula is C22H38. The number of hydrogen-bond acceptors (Lipinski definition) is 0. The third-order valence-electron chi connectivity index (χ3n) is 10.1. The van der Waals surface area contributed by atoms with E-state index in [1.165, 1.54) is 38.5 Å². The summed E-state index contributed by atoms with van der Waals surface area (Å²) in [6, 6.07) is 0. The van der Waals surface area contributed by atoms with Gasteiger partial charge in [-0.2, -0.15) is 0 Å². The average molecular weight is 303 g/mol. The van der Waals surface area contributed by atoms with Gasteiger partial charge in [-0.15, -0.1) is 0 Å². The Hall–Kier alpha value is 0. The highest BCUT2D eigenvalue weighted by Crippen LogP contribution is 2.75. The Kier molecular flexibility index (Phi) is 3.36. The lowest BCUT2D eigenvalue weighted by Gasteiger charge is -2.74. The molecule has 0 heterocycles. The second-order valence-corrected chi connectivity index (χ2v) is 10.5. The van der Waals surface area contributed by atoms with Crippen LogP contribution in [0.25, 0.3) is 0 Å². The fraction of sp³-hybridized carbons (Fsp3) is 1.00. The van der Waals surface area contributed by atoms with Gasteiger partial charge in [0.1, 0.15) is 0 Å². The maximum atomic E-state index is 2.78. The molecule has 0 aliphatic heterocycles. The van der Waals surface area contributed by atoms with Crippen LogP contribution in [0.5, 0.6) is 0 Å². The second-order valence-electron chi connectivity index (χ2n) is 10.5. The molecule has 0 spiro atoms. The molecule has 0 aromatic rings. The Bertz CT molecular complexity index is 375. The quantitative estimate of drug-likeness (QED) is 0.485. The molecule has 0 aromatic heterocycles. The molecule has 0 saturated heterocycles. The molecule has 4 rings (SSSR count). The van der Waals surface area contributed by atoms with Gasteiger partial charge in [-0.25, -0.2) is 0 Å². The maximum absolute atomic E-state index is 2.78. The first-order chi connectivity index (χ1) is 10.3. The first-order valence-corrected chi connectivity index (χ1v) is 10.3. The molecule has 4 fully saturated rings.